The van der Waals surface area contributed by atoms with Gasteiger partial charge in [0.15, 0.2) is 23.3 Å². The summed E-state index contributed by atoms with van der Waals surface area (Å²) >= 11 is 0. The van der Waals surface area contributed by atoms with E-state index >= 15 is 0 Å². The van der Waals surface area contributed by atoms with Crippen molar-refractivity contribution in [2.75, 3.05) is 5.32 Å². The summed E-state index contributed by atoms with van der Waals surface area (Å²) in [6.45, 7) is -0.0864. The predicted octanol–water partition coefficient (Wildman–Crippen LogP) is 3.73. The first-order valence-electron chi connectivity index (χ1n) is 5.58. The zero-order valence-corrected chi connectivity index (χ0v) is 10.1. The van der Waals surface area contributed by atoms with Gasteiger partial charge in [0.25, 0.3) is 0 Å². The molecule has 0 aliphatic carbocycles. The van der Waals surface area contributed by atoms with Crippen LogP contribution in [0.15, 0.2) is 30.3 Å². The van der Waals surface area contributed by atoms with Crippen LogP contribution in [0.5, 0.6) is 0 Å². The Balaban J connectivity index is 2.19. The summed E-state index contributed by atoms with van der Waals surface area (Å²) in [7, 11) is 0. The van der Waals surface area contributed by atoms with Gasteiger partial charge in [0.2, 0.25) is 0 Å². The van der Waals surface area contributed by atoms with E-state index in [4.69, 9.17) is 5.26 Å². The Morgan fingerprint density at radius 2 is 1.55 bits per heavy atom. The van der Waals surface area contributed by atoms with Gasteiger partial charge in [-0.15, -0.1) is 0 Å². The van der Waals surface area contributed by atoms with Crippen molar-refractivity contribution >= 4 is 5.69 Å². The molecule has 0 aromatic heterocycles. The molecule has 2 aromatic carbocycles. The lowest BCUT2D eigenvalue weighted by atomic mass is 10.1. The second-order valence-electron chi connectivity index (χ2n) is 4.03. The topological polar surface area (TPSA) is 35.8 Å². The average Bonchev–Trinajstić information content (AvgIpc) is 2.41. The summed E-state index contributed by atoms with van der Waals surface area (Å²) in [5.74, 6) is -3.89. The van der Waals surface area contributed by atoms with Gasteiger partial charge in [0.05, 0.1) is 11.6 Å². The van der Waals surface area contributed by atoms with E-state index in [2.05, 4.69) is 5.32 Å². The van der Waals surface area contributed by atoms with Crippen LogP contribution < -0.4 is 5.32 Å². The van der Waals surface area contributed by atoms with Crippen LogP contribution in [0, 0.1) is 34.6 Å². The van der Waals surface area contributed by atoms with E-state index in [1.54, 1.807) is 6.07 Å². The van der Waals surface area contributed by atoms with Crippen LogP contribution in [0.2, 0.25) is 0 Å². The molecule has 20 heavy (non-hydrogen) atoms. The summed E-state index contributed by atoms with van der Waals surface area (Å²) < 4.78 is 52.8. The molecule has 0 saturated carbocycles. The van der Waals surface area contributed by atoms with Gasteiger partial charge in [-0.25, -0.2) is 17.6 Å². The molecule has 0 radical (unpaired) electrons. The molecule has 0 amide bonds. The smallest absolute Gasteiger partial charge is 0.159 e. The fourth-order valence-electron chi connectivity index (χ4n) is 1.65. The molecule has 102 valence electrons. The Bertz CT molecular complexity index is 669. The molecular formula is C14H8F4N2. The van der Waals surface area contributed by atoms with Gasteiger partial charge in [-0.1, -0.05) is 6.07 Å². The van der Waals surface area contributed by atoms with Gasteiger partial charge in [-0.2, -0.15) is 5.26 Å². The first-order chi connectivity index (χ1) is 9.51. The third kappa shape index (κ3) is 2.88. The molecule has 0 fully saturated rings. The minimum Gasteiger partial charge on any atom is -0.376 e. The van der Waals surface area contributed by atoms with E-state index in [9.17, 15) is 17.6 Å². The van der Waals surface area contributed by atoms with Crippen molar-refractivity contribution < 1.29 is 17.6 Å². The summed E-state index contributed by atoms with van der Waals surface area (Å²) in [5, 5.41) is 11.0. The summed E-state index contributed by atoms with van der Waals surface area (Å²) in [6, 6.07) is 6.55. The van der Waals surface area contributed by atoms with Crippen LogP contribution in [0.25, 0.3) is 0 Å². The molecule has 1 N–H and O–H groups in total. The predicted molar refractivity (Wildman–Crippen MR) is 64.8 cm³/mol. The van der Waals surface area contributed by atoms with Gasteiger partial charge in [-0.3, -0.25) is 0 Å². The number of nitriles is 1. The van der Waals surface area contributed by atoms with Gasteiger partial charge in [-0.05, 0) is 29.8 Å². The first kappa shape index (κ1) is 13.9. The highest BCUT2D eigenvalue weighted by molar-refractivity contribution is 5.50. The molecular weight excluding hydrogens is 272 g/mol. The van der Waals surface area contributed by atoms with Crippen molar-refractivity contribution in [3.05, 3.63) is 64.7 Å². The van der Waals surface area contributed by atoms with Crippen molar-refractivity contribution in [1.82, 2.24) is 0 Å². The molecule has 2 nitrogen and oxygen atoms in total. The highest BCUT2D eigenvalue weighted by Crippen LogP contribution is 2.21. The fraction of sp³-hybridized carbons (Fsp3) is 0.0714. The van der Waals surface area contributed by atoms with Crippen LogP contribution >= 0.6 is 0 Å². The second kappa shape index (κ2) is 5.61. The normalized spacial score (nSPS) is 10.2. The van der Waals surface area contributed by atoms with Crippen LogP contribution in [-0.4, -0.2) is 0 Å². The van der Waals surface area contributed by atoms with E-state index in [0.717, 1.165) is 24.3 Å². The lowest BCUT2D eigenvalue weighted by Gasteiger charge is -2.09. The third-order valence-corrected chi connectivity index (χ3v) is 2.62. The molecule has 0 heterocycles. The van der Waals surface area contributed by atoms with E-state index in [1.165, 1.54) is 6.07 Å². The number of nitrogens with one attached hydrogen (secondary N) is 1. The van der Waals surface area contributed by atoms with E-state index < -0.39 is 29.0 Å². The number of benzene rings is 2. The highest BCUT2D eigenvalue weighted by Gasteiger charge is 2.11. The minimum atomic E-state index is -1.04. The number of hydrogen-bond acceptors (Lipinski definition) is 2. The minimum absolute atomic E-state index is 0.0864. The third-order valence-electron chi connectivity index (χ3n) is 2.62. The quantitative estimate of drug-likeness (QED) is 0.870. The molecule has 0 saturated heterocycles. The molecule has 2 rings (SSSR count). The molecule has 0 aliphatic heterocycles. The summed E-state index contributed by atoms with van der Waals surface area (Å²) in [4.78, 5) is 0. The molecule has 0 unspecified atom stereocenters. The molecule has 0 atom stereocenters. The number of rotatable bonds is 3. The highest BCUT2D eigenvalue weighted by atomic mass is 19.2. The standard InChI is InChI=1S/C14H8F4N2/c15-10-2-1-8(3-11(10)16)7-20-14-12(17)4-9(6-19)5-13(14)18/h1-5,20H,7H2. The summed E-state index contributed by atoms with van der Waals surface area (Å²) in [6.07, 6.45) is 0. The van der Waals surface area contributed by atoms with Gasteiger partial charge >= 0.3 is 0 Å². The number of halogens is 4. The van der Waals surface area contributed by atoms with E-state index in [0.29, 0.717) is 5.56 Å². The average molecular weight is 280 g/mol. The van der Waals surface area contributed by atoms with Crippen molar-refractivity contribution in [2.24, 2.45) is 0 Å². The van der Waals surface area contributed by atoms with Gasteiger partial charge < -0.3 is 5.32 Å². The molecule has 0 aliphatic rings. The first-order valence-corrected chi connectivity index (χ1v) is 5.58. The molecule has 6 heteroatoms. The maximum atomic E-state index is 13.6. The SMILES string of the molecule is N#Cc1cc(F)c(NCc2ccc(F)c(F)c2)c(F)c1. The van der Waals surface area contributed by atoms with Crippen LogP contribution in [0.1, 0.15) is 11.1 Å². The number of anilines is 1. The fourth-order valence-corrected chi connectivity index (χ4v) is 1.65. The zero-order chi connectivity index (χ0) is 14.7. The van der Waals surface area contributed by atoms with Gasteiger partial charge in [0, 0.05) is 6.54 Å². The zero-order valence-electron chi connectivity index (χ0n) is 10.1. The molecule has 0 spiro atoms. The maximum Gasteiger partial charge on any atom is 0.159 e. The van der Waals surface area contributed by atoms with Crippen molar-refractivity contribution in [1.29, 1.82) is 5.26 Å². The Morgan fingerprint density at radius 3 is 2.10 bits per heavy atom. The lowest BCUT2D eigenvalue weighted by molar-refractivity contribution is 0.507. The maximum absolute atomic E-state index is 13.6. The van der Waals surface area contributed by atoms with Crippen LogP contribution in [-0.2, 0) is 6.54 Å². The van der Waals surface area contributed by atoms with Crippen molar-refractivity contribution in [3.63, 3.8) is 0 Å². The number of nitrogens with zero attached hydrogens (tertiary/aromatic N) is 1. The monoisotopic (exact) mass is 280 g/mol. The van der Waals surface area contributed by atoms with E-state index in [-0.39, 0.29) is 12.1 Å². The Kier molecular flexibility index (Phi) is 3.89. The van der Waals surface area contributed by atoms with Crippen LogP contribution in [0.3, 0.4) is 0 Å². The van der Waals surface area contributed by atoms with Crippen molar-refractivity contribution in [3.8, 4) is 6.07 Å². The largest absolute Gasteiger partial charge is 0.376 e. The second-order valence-corrected chi connectivity index (χ2v) is 4.03. The lowest BCUT2D eigenvalue weighted by Crippen LogP contribution is -2.05. The number of hydrogen-bond donors (Lipinski definition) is 1. The summed E-state index contributed by atoms with van der Waals surface area (Å²) in [5.41, 5.74) is -0.237. The van der Waals surface area contributed by atoms with Gasteiger partial charge in [0.1, 0.15) is 5.69 Å². The Hall–Kier alpha value is -2.55. The van der Waals surface area contributed by atoms with Crippen LogP contribution in [0.4, 0.5) is 23.2 Å². The Morgan fingerprint density at radius 1 is 0.900 bits per heavy atom. The van der Waals surface area contributed by atoms with E-state index in [1.807, 2.05) is 0 Å². The molecule has 0 bridgehead atoms. The Labute approximate surface area is 112 Å². The molecule has 2 aromatic rings. The van der Waals surface area contributed by atoms with Crippen molar-refractivity contribution in [2.45, 2.75) is 6.54 Å².